The van der Waals surface area contributed by atoms with Crippen molar-refractivity contribution in [3.8, 4) is 11.8 Å². The molecule has 2 nitrogen and oxygen atoms in total. The van der Waals surface area contributed by atoms with Crippen LogP contribution in [-0.2, 0) is 0 Å². The van der Waals surface area contributed by atoms with Gasteiger partial charge in [-0.2, -0.15) is 13.2 Å². The number of hydrogen-bond donors (Lipinski definition) is 1. The number of oxime groups is 1. The smallest absolute Gasteiger partial charge is 0.410 e. The van der Waals surface area contributed by atoms with Crippen molar-refractivity contribution in [1.29, 1.82) is 0 Å². The number of alkyl halides is 3. The summed E-state index contributed by atoms with van der Waals surface area (Å²) in [5, 5.41) is 10.3. The molecule has 96 valence electrons. The summed E-state index contributed by atoms with van der Waals surface area (Å²) >= 11 is 0. The van der Waals surface area contributed by atoms with Crippen molar-refractivity contribution in [3.05, 3.63) is 12.7 Å². The maximum absolute atomic E-state index is 12.1. The fourth-order valence-corrected chi connectivity index (χ4v) is 1.19. The van der Waals surface area contributed by atoms with Crippen LogP contribution in [0.4, 0.5) is 13.2 Å². The van der Waals surface area contributed by atoms with E-state index in [9.17, 15) is 13.2 Å². The highest BCUT2D eigenvalue weighted by molar-refractivity contribution is 6.04. The SMILES string of the molecule is C=CCC(C)(C)CCC#C/C(=N/O)C(F)(F)F. The molecule has 1 N–H and O–H groups in total. The highest BCUT2D eigenvalue weighted by atomic mass is 19.4. The molecule has 0 aromatic heterocycles. The molecule has 0 heterocycles. The van der Waals surface area contributed by atoms with Crippen molar-refractivity contribution in [1.82, 2.24) is 0 Å². The highest BCUT2D eigenvalue weighted by Gasteiger charge is 2.35. The Hall–Kier alpha value is -1.44. The van der Waals surface area contributed by atoms with Crippen LogP contribution in [0.15, 0.2) is 17.8 Å². The number of nitrogens with zero attached hydrogens (tertiary/aromatic N) is 1. The van der Waals surface area contributed by atoms with Crippen molar-refractivity contribution in [2.75, 3.05) is 0 Å². The Kier molecular flexibility index (Phi) is 5.80. The molecular formula is C12H16F3NO. The van der Waals surface area contributed by atoms with Crippen molar-refractivity contribution in [3.63, 3.8) is 0 Å². The minimum Gasteiger partial charge on any atom is -0.410 e. The summed E-state index contributed by atoms with van der Waals surface area (Å²) < 4.78 is 36.3. The Morgan fingerprint density at radius 1 is 1.41 bits per heavy atom. The predicted molar refractivity (Wildman–Crippen MR) is 60.9 cm³/mol. The van der Waals surface area contributed by atoms with Gasteiger partial charge in [0, 0.05) is 6.42 Å². The lowest BCUT2D eigenvalue weighted by Gasteiger charge is -2.20. The first-order valence-electron chi connectivity index (χ1n) is 5.12. The summed E-state index contributed by atoms with van der Waals surface area (Å²) in [7, 11) is 0. The second kappa shape index (κ2) is 6.33. The van der Waals surface area contributed by atoms with Gasteiger partial charge >= 0.3 is 6.18 Å². The lowest BCUT2D eigenvalue weighted by molar-refractivity contribution is -0.0592. The van der Waals surface area contributed by atoms with E-state index in [2.05, 4.69) is 17.7 Å². The second-order valence-electron chi connectivity index (χ2n) is 4.41. The molecule has 0 aromatic rings. The van der Waals surface area contributed by atoms with E-state index < -0.39 is 11.9 Å². The van der Waals surface area contributed by atoms with Gasteiger partial charge in [0.15, 0.2) is 0 Å². The molecule has 0 radical (unpaired) electrons. The van der Waals surface area contributed by atoms with Crippen molar-refractivity contribution in [2.24, 2.45) is 10.6 Å². The van der Waals surface area contributed by atoms with Gasteiger partial charge in [0.2, 0.25) is 5.71 Å². The summed E-state index contributed by atoms with van der Waals surface area (Å²) in [6.45, 7) is 7.59. The lowest BCUT2D eigenvalue weighted by atomic mass is 9.84. The fourth-order valence-electron chi connectivity index (χ4n) is 1.19. The highest BCUT2D eigenvalue weighted by Crippen LogP contribution is 2.26. The molecule has 0 unspecified atom stereocenters. The molecule has 0 aliphatic rings. The molecule has 0 rings (SSSR count). The standard InChI is InChI=1S/C12H16F3NO/c1-4-8-11(2,3)9-6-5-7-10(16-17)12(13,14)15/h4,17H,1,6,8-9H2,2-3H3/b16-10-. The van der Waals surface area contributed by atoms with Crippen molar-refractivity contribution >= 4 is 5.71 Å². The molecule has 0 aliphatic carbocycles. The van der Waals surface area contributed by atoms with E-state index in [-0.39, 0.29) is 5.41 Å². The minimum atomic E-state index is -4.70. The molecule has 0 amide bonds. The second-order valence-corrected chi connectivity index (χ2v) is 4.41. The van der Waals surface area contributed by atoms with Gasteiger partial charge in [-0.15, -0.1) is 6.58 Å². The topological polar surface area (TPSA) is 32.6 Å². The van der Waals surface area contributed by atoms with Crippen LogP contribution in [0.2, 0.25) is 0 Å². The number of halogens is 3. The quantitative estimate of drug-likeness (QED) is 0.265. The molecule has 0 bridgehead atoms. The molecular weight excluding hydrogens is 231 g/mol. The number of allylic oxidation sites excluding steroid dienone is 1. The monoisotopic (exact) mass is 247 g/mol. The van der Waals surface area contributed by atoms with E-state index in [1.54, 1.807) is 6.08 Å². The minimum absolute atomic E-state index is 0.0365. The third-order valence-corrected chi connectivity index (χ3v) is 2.20. The Bertz CT molecular complexity index is 345. The van der Waals surface area contributed by atoms with E-state index in [1.807, 2.05) is 19.8 Å². The Balaban J connectivity index is 4.36. The zero-order valence-electron chi connectivity index (χ0n) is 9.93. The zero-order valence-corrected chi connectivity index (χ0v) is 9.93. The zero-order chi connectivity index (χ0) is 13.5. The van der Waals surface area contributed by atoms with E-state index in [0.717, 1.165) is 6.42 Å². The van der Waals surface area contributed by atoms with Gasteiger partial charge in [-0.05, 0) is 24.2 Å². The normalized spacial score (nSPS) is 12.9. The molecule has 0 spiro atoms. The first-order valence-corrected chi connectivity index (χ1v) is 5.12. The van der Waals surface area contributed by atoms with Crippen LogP contribution in [0.25, 0.3) is 0 Å². The molecule has 5 heteroatoms. The van der Waals surface area contributed by atoms with Gasteiger partial charge in [-0.1, -0.05) is 31.0 Å². The predicted octanol–water partition coefficient (Wildman–Crippen LogP) is 3.76. The van der Waals surface area contributed by atoms with Crippen LogP contribution >= 0.6 is 0 Å². The van der Waals surface area contributed by atoms with Gasteiger partial charge in [0.25, 0.3) is 0 Å². The Morgan fingerprint density at radius 3 is 2.41 bits per heavy atom. The molecule has 0 atom stereocenters. The third kappa shape index (κ3) is 6.67. The average Bonchev–Trinajstić information content (AvgIpc) is 2.15. The maximum atomic E-state index is 12.1. The van der Waals surface area contributed by atoms with Gasteiger partial charge in [-0.25, -0.2) is 0 Å². The largest absolute Gasteiger partial charge is 0.444 e. The lowest BCUT2D eigenvalue weighted by Crippen LogP contribution is -2.21. The van der Waals surface area contributed by atoms with E-state index >= 15 is 0 Å². The van der Waals surface area contributed by atoms with Gasteiger partial charge in [0.05, 0.1) is 0 Å². The van der Waals surface area contributed by atoms with Crippen LogP contribution in [0.3, 0.4) is 0 Å². The molecule has 0 fully saturated rings. The van der Waals surface area contributed by atoms with Crippen LogP contribution in [0.5, 0.6) is 0 Å². The van der Waals surface area contributed by atoms with Gasteiger partial charge < -0.3 is 5.21 Å². The van der Waals surface area contributed by atoms with E-state index in [1.165, 1.54) is 0 Å². The summed E-state index contributed by atoms with van der Waals surface area (Å²) in [6.07, 6.45) is -1.18. The van der Waals surface area contributed by atoms with E-state index in [0.29, 0.717) is 12.8 Å². The Morgan fingerprint density at radius 2 is 2.00 bits per heavy atom. The summed E-state index contributed by atoms with van der Waals surface area (Å²) in [6, 6.07) is 0. The summed E-state index contributed by atoms with van der Waals surface area (Å²) in [4.78, 5) is 0. The average molecular weight is 247 g/mol. The van der Waals surface area contributed by atoms with Gasteiger partial charge in [-0.3, -0.25) is 0 Å². The van der Waals surface area contributed by atoms with Crippen molar-refractivity contribution < 1.29 is 18.4 Å². The molecule has 0 aliphatic heterocycles. The molecule has 17 heavy (non-hydrogen) atoms. The summed E-state index contributed by atoms with van der Waals surface area (Å²) in [5.41, 5.74) is -1.50. The first-order chi connectivity index (χ1) is 7.73. The van der Waals surface area contributed by atoms with Crippen LogP contribution in [0.1, 0.15) is 33.1 Å². The third-order valence-electron chi connectivity index (χ3n) is 2.20. The Labute approximate surface area is 99.2 Å². The number of hydrogen-bond acceptors (Lipinski definition) is 2. The molecule has 0 saturated carbocycles. The fraction of sp³-hybridized carbons (Fsp3) is 0.583. The van der Waals surface area contributed by atoms with Crippen LogP contribution < -0.4 is 0 Å². The van der Waals surface area contributed by atoms with Crippen LogP contribution in [0, 0.1) is 17.3 Å². The van der Waals surface area contributed by atoms with Crippen molar-refractivity contribution in [2.45, 2.75) is 39.3 Å². The van der Waals surface area contributed by atoms with Crippen LogP contribution in [-0.4, -0.2) is 17.1 Å². The first kappa shape index (κ1) is 15.6. The molecule has 0 aromatic carbocycles. The maximum Gasteiger partial charge on any atom is 0.444 e. The number of rotatable bonds is 4. The molecule has 0 saturated heterocycles. The van der Waals surface area contributed by atoms with Gasteiger partial charge in [0.1, 0.15) is 0 Å². The summed E-state index contributed by atoms with van der Waals surface area (Å²) in [5.74, 6) is 4.19. The van der Waals surface area contributed by atoms with E-state index in [4.69, 9.17) is 5.21 Å².